The van der Waals surface area contributed by atoms with Crippen molar-refractivity contribution in [1.82, 2.24) is 4.57 Å². The van der Waals surface area contributed by atoms with Crippen molar-refractivity contribution in [3.63, 3.8) is 0 Å². The number of esters is 1. The second-order valence-electron chi connectivity index (χ2n) is 5.57. The van der Waals surface area contributed by atoms with Crippen LogP contribution in [0.4, 0.5) is 0 Å². The Kier molecular flexibility index (Phi) is 3.86. The summed E-state index contributed by atoms with van der Waals surface area (Å²) in [6.07, 6.45) is 1.77. The van der Waals surface area contributed by atoms with Gasteiger partial charge in [0.1, 0.15) is 5.56 Å². The molecule has 0 N–H and O–H groups in total. The van der Waals surface area contributed by atoms with E-state index in [1.807, 2.05) is 18.2 Å². The fourth-order valence-electron chi connectivity index (χ4n) is 3.19. The third-order valence-electron chi connectivity index (χ3n) is 4.23. The van der Waals surface area contributed by atoms with Gasteiger partial charge >= 0.3 is 5.97 Å². The van der Waals surface area contributed by atoms with E-state index in [0.717, 1.165) is 0 Å². The number of carbonyl (C=O) groups is 2. The van der Waals surface area contributed by atoms with E-state index >= 15 is 0 Å². The number of hydrogen-bond acceptors (Lipinski definition) is 4. The highest BCUT2D eigenvalue weighted by atomic mass is 16.5. The minimum absolute atomic E-state index is 0.0291. The third-order valence-corrected chi connectivity index (χ3v) is 4.23. The number of aromatic nitrogens is 1. The molecule has 0 saturated heterocycles. The number of para-hydroxylation sites is 1. The Balaban J connectivity index is 2.44. The van der Waals surface area contributed by atoms with Gasteiger partial charge in [-0.15, -0.1) is 0 Å². The van der Waals surface area contributed by atoms with E-state index in [1.165, 1.54) is 11.7 Å². The van der Waals surface area contributed by atoms with E-state index in [1.54, 1.807) is 19.1 Å². The predicted octanol–water partition coefficient (Wildman–Crippen LogP) is 2.45. The van der Waals surface area contributed by atoms with Gasteiger partial charge in [0.2, 0.25) is 0 Å². The zero-order chi connectivity index (χ0) is 16.6. The van der Waals surface area contributed by atoms with Crippen LogP contribution >= 0.6 is 0 Å². The topological polar surface area (TPSA) is 65.4 Å². The number of nitrogens with zero attached hydrogens (tertiary/aromatic N) is 1. The van der Waals surface area contributed by atoms with Crippen LogP contribution in [0.5, 0.6) is 0 Å². The van der Waals surface area contributed by atoms with Gasteiger partial charge in [-0.3, -0.25) is 14.2 Å². The van der Waals surface area contributed by atoms with Crippen LogP contribution in [0.15, 0.2) is 35.1 Å². The molecule has 118 valence electrons. The predicted molar refractivity (Wildman–Crippen MR) is 85.4 cm³/mol. The summed E-state index contributed by atoms with van der Waals surface area (Å²) >= 11 is 0. The van der Waals surface area contributed by atoms with Crippen LogP contribution in [-0.4, -0.2) is 23.4 Å². The van der Waals surface area contributed by atoms with Crippen LogP contribution in [0.1, 0.15) is 44.8 Å². The van der Waals surface area contributed by atoms with Crippen molar-refractivity contribution in [2.24, 2.45) is 0 Å². The Labute approximate surface area is 133 Å². The van der Waals surface area contributed by atoms with Gasteiger partial charge in [-0.05, 0) is 37.5 Å². The summed E-state index contributed by atoms with van der Waals surface area (Å²) in [4.78, 5) is 37.4. The summed E-state index contributed by atoms with van der Waals surface area (Å²) in [6.45, 7) is 1.64. The first kappa shape index (κ1) is 15.2. The maximum Gasteiger partial charge on any atom is 0.343 e. The van der Waals surface area contributed by atoms with E-state index in [-0.39, 0.29) is 11.3 Å². The van der Waals surface area contributed by atoms with Gasteiger partial charge in [-0.2, -0.15) is 0 Å². The van der Waals surface area contributed by atoms with Crippen molar-refractivity contribution in [3.05, 3.63) is 63.1 Å². The first-order valence-corrected chi connectivity index (χ1v) is 7.51. The van der Waals surface area contributed by atoms with Crippen LogP contribution in [0.3, 0.4) is 0 Å². The minimum atomic E-state index is -0.710. The van der Waals surface area contributed by atoms with Crippen molar-refractivity contribution in [1.29, 1.82) is 0 Å². The quantitative estimate of drug-likeness (QED) is 0.799. The van der Waals surface area contributed by atoms with Gasteiger partial charge in [0.05, 0.1) is 7.11 Å². The van der Waals surface area contributed by atoms with Gasteiger partial charge in [-0.25, -0.2) is 4.79 Å². The van der Waals surface area contributed by atoms with Crippen LogP contribution < -0.4 is 5.56 Å². The Bertz CT molecular complexity index is 850. The van der Waals surface area contributed by atoms with Crippen molar-refractivity contribution in [2.45, 2.75) is 26.2 Å². The van der Waals surface area contributed by atoms with Gasteiger partial charge in [0.25, 0.3) is 5.56 Å². The lowest BCUT2D eigenvalue weighted by atomic mass is 9.89. The maximum atomic E-state index is 12.9. The van der Waals surface area contributed by atoms with E-state index in [9.17, 15) is 14.4 Å². The average molecular weight is 311 g/mol. The third kappa shape index (κ3) is 2.38. The first-order chi connectivity index (χ1) is 11.1. The molecule has 1 aliphatic carbocycles. The number of fused-ring (bicyclic) bond motifs is 1. The highest BCUT2D eigenvalue weighted by molar-refractivity contribution is 6.03. The zero-order valence-corrected chi connectivity index (χ0v) is 13.1. The lowest BCUT2D eigenvalue weighted by Gasteiger charge is -2.23. The Morgan fingerprint density at radius 2 is 1.83 bits per heavy atom. The molecule has 1 heterocycles. The molecule has 0 bridgehead atoms. The monoisotopic (exact) mass is 311 g/mol. The normalized spacial score (nSPS) is 13.6. The van der Waals surface area contributed by atoms with E-state index in [0.29, 0.717) is 41.8 Å². The van der Waals surface area contributed by atoms with Crippen LogP contribution in [-0.2, 0) is 11.2 Å². The fourth-order valence-corrected chi connectivity index (χ4v) is 3.19. The van der Waals surface area contributed by atoms with Crippen molar-refractivity contribution in [2.75, 3.05) is 7.11 Å². The summed E-state index contributed by atoms with van der Waals surface area (Å²) in [5.41, 5.74) is 1.74. The largest absolute Gasteiger partial charge is 0.465 e. The van der Waals surface area contributed by atoms with Gasteiger partial charge in [0, 0.05) is 23.4 Å². The molecule has 5 nitrogen and oxygen atoms in total. The molecule has 1 aromatic carbocycles. The molecule has 23 heavy (non-hydrogen) atoms. The highest BCUT2D eigenvalue weighted by Gasteiger charge is 2.29. The molecular formula is C18H17NO4. The number of methoxy groups -OCH3 is 1. The van der Waals surface area contributed by atoms with E-state index in [2.05, 4.69) is 0 Å². The first-order valence-electron chi connectivity index (χ1n) is 7.51. The number of pyridine rings is 1. The molecule has 0 amide bonds. The second-order valence-corrected chi connectivity index (χ2v) is 5.57. The number of hydrogen-bond donors (Lipinski definition) is 0. The Morgan fingerprint density at radius 1 is 1.13 bits per heavy atom. The van der Waals surface area contributed by atoms with Gasteiger partial charge < -0.3 is 4.74 Å². The van der Waals surface area contributed by atoms with Crippen molar-refractivity contribution in [3.8, 4) is 5.69 Å². The summed E-state index contributed by atoms with van der Waals surface area (Å²) in [7, 11) is 1.23. The van der Waals surface area contributed by atoms with Crippen LogP contribution in [0, 0.1) is 6.92 Å². The van der Waals surface area contributed by atoms with Crippen LogP contribution in [0.25, 0.3) is 5.69 Å². The Morgan fingerprint density at radius 3 is 2.48 bits per heavy atom. The molecule has 2 aromatic rings. The SMILES string of the molecule is COC(=O)c1c(C)c2c(n(-c3ccccc3)c1=O)CCCC2=O. The zero-order valence-electron chi connectivity index (χ0n) is 13.1. The molecule has 0 unspecified atom stereocenters. The average Bonchev–Trinajstić information content (AvgIpc) is 2.55. The second kappa shape index (κ2) is 5.83. The minimum Gasteiger partial charge on any atom is -0.465 e. The number of benzene rings is 1. The molecule has 0 fully saturated rings. The molecule has 0 atom stereocenters. The molecule has 0 spiro atoms. The maximum absolute atomic E-state index is 12.9. The molecule has 0 radical (unpaired) electrons. The molecule has 0 saturated carbocycles. The number of ketones is 1. The van der Waals surface area contributed by atoms with Gasteiger partial charge in [-0.1, -0.05) is 18.2 Å². The van der Waals surface area contributed by atoms with Crippen molar-refractivity contribution < 1.29 is 14.3 Å². The number of ether oxygens (including phenoxy) is 1. The Hall–Kier alpha value is -2.69. The molecule has 3 rings (SSSR count). The summed E-state index contributed by atoms with van der Waals surface area (Å²) in [5.74, 6) is -0.739. The standard InChI is InChI=1S/C18H17NO4/c1-11-15-13(9-6-10-14(15)20)19(12-7-4-3-5-8-12)17(21)16(11)18(22)23-2/h3-5,7-8H,6,9-10H2,1-2H3. The number of rotatable bonds is 2. The number of carbonyl (C=O) groups excluding carboxylic acids is 2. The molecule has 1 aromatic heterocycles. The lowest BCUT2D eigenvalue weighted by molar-refractivity contribution is 0.0597. The van der Waals surface area contributed by atoms with Crippen LogP contribution in [0.2, 0.25) is 0 Å². The lowest BCUT2D eigenvalue weighted by Crippen LogP contribution is -2.34. The molecule has 5 heteroatoms. The molecule has 0 aliphatic heterocycles. The van der Waals surface area contributed by atoms with E-state index in [4.69, 9.17) is 4.74 Å². The fraction of sp³-hybridized carbons (Fsp3) is 0.278. The van der Waals surface area contributed by atoms with E-state index < -0.39 is 11.5 Å². The molecular weight excluding hydrogens is 294 g/mol. The molecule has 1 aliphatic rings. The smallest absolute Gasteiger partial charge is 0.343 e. The van der Waals surface area contributed by atoms with Gasteiger partial charge in [0.15, 0.2) is 5.78 Å². The highest BCUT2D eigenvalue weighted by Crippen LogP contribution is 2.27. The van der Waals surface area contributed by atoms with Crippen molar-refractivity contribution >= 4 is 11.8 Å². The number of Topliss-reactive ketones (excluding diaryl/α,β-unsaturated/α-hetero) is 1. The summed E-state index contributed by atoms with van der Waals surface area (Å²) < 4.78 is 6.23. The summed E-state index contributed by atoms with van der Waals surface area (Å²) in [6, 6.07) is 9.06. The summed E-state index contributed by atoms with van der Waals surface area (Å²) in [5, 5.41) is 0.